The molecule has 1 aromatic carbocycles. The fourth-order valence-corrected chi connectivity index (χ4v) is 2.31. The van der Waals surface area contributed by atoms with E-state index in [4.69, 9.17) is 0 Å². The molecule has 0 unspecified atom stereocenters. The third-order valence-electron chi connectivity index (χ3n) is 1.80. The summed E-state index contributed by atoms with van der Waals surface area (Å²) in [5.41, 5.74) is 1.14. The van der Waals surface area contributed by atoms with Crippen molar-refractivity contribution < 1.29 is 0 Å². The van der Waals surface area contributed by atoms with Crippen molar-refractivity contribution in [1.29, 1.82) is 0 Å². The lowest BCUT2D eigenvalue weighted by atomic mass is 10.3. The van der Waals surface area contributed by atoms with E-state index in [1.165, 1.54) is 16.1 Å². The molecule has 0 aliphatic rings. The molecule has 2 rings (SSSR count). The molecule has 1 nitrogen and oxygen atoms in total. The number of halogens is 1. The molecule has 13 heavy (non-hydrogen) atoms. The van der Waals surface area contributed by atoms with Crippen molar-refractivity contribution in [3.63, 3.8) is 0 Å². The summed E-state index contributed by atoms with van der Waals surface area (Å²) in [6, 6.07) is 8.31. The molecule has 0 atom stereocenters. The predicted octanol–water partition coefficient (Wildman–Crippen LogP) is 3.87. The van der Waals surface area contributed by atoms with Gasteiger partial charge in [-0.2, -0.15) is 0 Å². The third kappa shape index (κ3) is 2.40. The number of hydrogen-bond acceptors (Lipinski definition) is 2. The van der Waals surface area contributed by atoms with Crippen LogP contribution in [-0.4, -0.2) is 4.98 Å². The molecule has 70 valence electrons. The van der Waals surface area contributed by atoms with E-state index in [2.05, 4.69) is 30.1 Å². The summed E-state index contributed by atoms with van der Waals surface area (Å²) in [5, 5.41) is 1.26. The Kier molecular flexibility index (Phi) is 4.12. The zero-order valence-corrected chi connectivity index (χ0v) is 10.6. The average molecular weight is 305 g/mol. The van der Waals surface area contributed by atoms with Crippen molar-refractivity contribution in [1.82, 2.24) is 4.98 Å². The number of para-hydroxylation sites is 1. The van der Waals surface area contributed by atoms with Gasteiger partial charge in [0.05, 0.1) is 15.2 Å². The van der Waals surface area contributed by atoms with E-state index in [9.17, 15) is 0 Å². The Hall–Kier alpha value is -0.160. The summed E-state index contributed by atoms with van der Waals surface area (Å²) in [6.07, 6.45) is 2.29. The first-order chi connectivity index (χ1) is 5.90. The van der Waals surface area contributed by atoms with Crippen molar-refractivity contribution in [2.75, 3.05) is 0 Å². The van der Waals surface area contributed by atoms with E-state index in [-0.39, 0.29) is 24.0 Å². The molecule has 0 N–H and O–H groups in total. The van der Waals surface area contributed by atoms with Gasteiger partial charge in [-0.3, -0.25) is 0 Å². The Morgan fingerprint density at radius 2 is 2.08 bits per heavy atom. The summed E-state index contributed by atoms with van der Waals surface area (Å²) in [6.45, 7) is 2.19. The van der Waals surface area contributed by atoms with E-state index in [1.54, 1.807) is 0 Å². The van der Waals surface area contributed by atoms with Crippen LogP contribution in [0, 0.1) is 0 Å². The molecule has 0 saturated carbocycles. The van der Waals surface area contributed by atoms with Gasteiger partial charge < -0.3 is 0 Å². The number of benzene rings is 1. The Morgan fingerprint density at radius 3 is 2.77 bits per heavy atom. The maximum Gasteiger partial charge on any atom is 0.0938 e. The Bertz CT molecular complexity index is 350. The minimum absolute atomic E-state index is 0. The molecule has 0 spiro atoms. The maximum absolute atomic E-state index is 4.52. The minimum atomic E-state index is 0. The van der Waals surface area contributed by atoms with Crippen molar-refractivity contribution >= 4 is 45.5 Å². The lowest BCUT2D eigenvalue weighted by Gasteiger charge is -1.85. The smallest absolute Gasteiger partial charge is 0.0938 e. The highest BCUT2D eigenvalue weighted by atomic mass is 127. The average Bonchev–Trinajstić information content (AvgIpc) is 2.47. The van der Waals surface area contributed by atoms with Gasteiger partial charge in [0.15, 0.2) is 0 Å². The Labute approximate surface area is 99.2 Å². The molecule has 0 saturated heterocycles. The normalized spacial score (nSPS) is 9.92. The predicted molar refractivity (Wildman–Crippen MR) is 69.0 cm³/mol. The monoisotopic (exact) mass is 305 g/mol. The maximum atomic E-state index is 4.52. The van der Waals surface area contributed by atoms with Crippen LogP contribution < -0.4 is 0 Å². The lowest BCUT2D eigenvalue weighted by Crippen LogP contribution is -1.78. The number of aromatic nitrogens is 1. The van der Waals surface area contributed by atoms with Gasteiger partial charge in [-0.25, -0.2) is 4.98 Å². The highest BCUT2D eigenvalue weighted by Crippen LogP contribution is 2.22. The van der Waals surface area contributed by atoms with Crippen LogP contribution in [0.3, 0.4) is 0 Å². The quantitative estimate of drug-likeness (QED) is 0.768. The summed E-state index contributed by atoms with van der Waals surface area (Å²) < 4.78 is 1.31. The molecule has 0 bridgehead atoms. The Morgan fingerprint density at radius 1 is 1.31 bits per heavy atom. The van der Waals surface area contributed by atoms with Gasteiger partial charge >= 0.3 is 0 Å². The zero-order valence-electron chi connectivity index (χ0n) is 7.49. The number of rotatable bonds is 2. The Balaban J connectivity index is 0.000000845. The minimum Gasteiger partial charge on any atom is -0.241 e. The van der Waals surface area contributed by atoms with E-state index in [0.29, 0.717) is 0 Å². The van der Waals surface area contributed by atoms with Crippen molar-refractivity contribution in [3.05, 3.63) is 29.3 Å². The van der Waals surface area contributed by atoms with Crippen molar-refractivity contribution in [2.45, 2.75) is 19.8 Å². The topological polar surface area (TPSA) is 12.9 Å². The fraction of sp³-hybridized carbons (Fsp3) is 0.300. The van der Waals surface area contributed by atoms with E-state index >= 15 is 0 Å². The second kappa shape index (κ2) is 4.91. The highest BCUT2D eigenvalue weighted by Gasteiger charge is 2.00. The molecule has 1 heterocycles. The largest absolute Gasteiger partial charge is 0.241 e. The molecule has 0 aliphatic heterocycles. The van der Waals surface area contributed by atoms with Gasteiger partial charge in [0.1, 0.15) is 0 Å². The third-order valence-corrected chi connectivity index (χ3v) is 2.90. The second-order valence-corrected chi connectivity index (χ2v) is 3.94. The summed E-state index contributed by atoms with van der Waals surface area (Å²) in [7, 11) is 0. The number of aryl methyl sites for hydroxylation is 1. The van der Waals surface area contributed by atoms with E-state index in [1.807, 2.05) is 17.4 Å². The van der Waals surface area contributed by atoms with Crippen LogP contribution in [0.15, 0.2) is 24.3 Å². The molecule has 0 fully saturated rings. The molecule has 1 aromatic heterocycles. The van der Waals surface area contributed by atoms with Crippen LogP contribution in [0.2, 0.25) is 0 Å². The van der Waals surface area contributed by atoms with Crippen LogP contribution >= 0.6 is 35.3 Å². The van der Waals surface area contributed by atoms with Gasteiger partial charge in [-0.15, -0.1) is 35.3 Å². The SMILES string of the molecule is CCCc1nc2ccccc2s1.I. The van der Waals surface area contributed by atoms with E-state index in [0.717, 1.165) is 11.9 Å². The molecule has 0 aliphatic carbocycles. The number of fused-ring (bicyclic) bond motifs is 1. The van der Waals surface area contributed by atoms with Crippen LogP contribution in [0.25, 0.3) is 10.2 Å². The number of nitrogens with zero attached hydrogens (tertiary/aromatic N) is 1. The molecule has 2 aromatic rings. The highest BCUT2D eigenvalue weighted by molar-refractivity contribution is 14.0. The first-order valence-electron chi connectivity index (χ1n) is 4.24. The fourth-order valence-electron chi connectivity index (χ4n) is 1.24. The van der Waals surface area contributed by atoms with Crippen molar-refractivity contribution in [2.24, 2.45) is 0 Å². The van der Waals surface area contributed by atoms with Gasteiger partial charge in [-0.05, 0) is 25.0 Å². The zero-order chi connectivity index (χ0) is 8.39. The molecule has 0 radical (unpaired) electrons. The first kappa shape index (κ1) is 10.9. The molecular weight excluding hydrogens is 293 g/mol. The number of hydrogen-bond donors (Lipinski definition) is 0. The van der Waals surface area contributed by atoms with Crippen LogP contribution in [-0.2, 0) is 6.42 Å². The summed E-state index contributed by atoms with van der Waals surface area (Å²) in [4.78, 5) is 4.52. The molecule has 0 amide bonds. The van der Waals surface area contributed by atoms with Gasteiger partial charge in [0.25, 0.3) is 0 Å². The number of thiazole rings is 1. The summed E-state index contributed by atoms with van der Waals surface area (Å²) in [5.74, 6) is 0. The van der Waals surface area contributed by atoms with Crippen LogP contribution in [0.1, 0.15) is 18.4 Å². The van der Waals surface area contributed by atoms with Gasteiger partial charge in [0, 0.05) is 0 Å². The van der Waals surface area contributed by atoms with Gasteiger partial charge in [0.2, 0.25) is 0 Å². The van der Waals surface area contributed by atoms with Gasteiger partial charge in [-0.1, -0.05) is 19.1 Å². The van der Waals surface area contributed by atoms with Crippen molar-refractivity contribution in [3.8, 4) is 0 Å². The van der Waals surface area contributed by atoms with Crippen LogP contribution in [0.4, 0.5) is 0 Å². The molecular formula is C10H12INS. The first-order valence-corrected chi connectivity index (χ1v) is 5.06. The molecule has 3 heteroatoms. The lowest BCUT2D eigenvalue weighted by molar-refractivity contribution is 0.913. The summed E-state index contributed by atoms with van der Waals surface area (Å²) >= 11 is 1.81. The standard InChI is InChI=1S/C10H11NS.HI/c1-2-5-10-11-8-6-3-4-7-9(8)12-10;/h3-4,6-7H,2,5H2,1H3;1H. The van der Waals surface area contributed by atoms with E-state index < -0.39 is 0 Å². The van der Waals surface area contributed by atoms with Crippen LogP contribution in [0.5, 0.6) is 0 Å². The second-order valence-electron chi connectivity index (χ2n) is 2.83.